The number of thioether (sulfide) groups is 1. The van der Waals surface area contributed by atoms with Crippen LogP contribution in [0.2, 0.25) is 0 Å². The van der Waals surface area contributed by atoms with E-state index >= 15 is 0 Å². The number of nitrogens with one attached hydrogen (secondary N) is 1. The van der Waals surface area contributed by atoms with Crippen molar-refractivity contribution in [1.82, 2.24) is 5.32 Å². The molecule has 0 amide bonds. The summed E-state index contributed by atoms with van der Waals surface area (Å²) in [5.41, 5.74) is 1.33. The average Bonchev–Trinajstić information content (AvgIpc) is 2.29. The molecule has 17 heavy (non-hydrogen) atoms. The maximum atomic E-state index is 8.74. The number of hydrogen-bond acceptors (Lipinski definition) is 3. The highest BCUT2D eigenvalue weighted by atomic mass is 32.2. The van der Waals surface area contributed by atoms with Gasteiger partial charge in [-0.1, -0.05) is 26.0 Å². The lowest BCUT2D eigenvalue weighted by molar-refractivity contribution is 0.296. The lowest BCUT2D eigenvalue weighted by atomic mass is 10.2. The SMILES string of the molecule is CC(C)CNCc1cccc(SCCCO)c1. The van der Waals surface area contributed by atoms with Crippen LogP contribution < -0.4 is 5.32 Å². The maximum absolute atomic E-state index is 8.74. The van der Waals surface area contributed by atoms with Crippen LogP contribution in [0.5, 0.6) is 0 Å². The summed E-state index contributed by atoms with van der Waals surface area (Å²) in [5, 5.41) is 12.2. The number of aliphatic hydroxyl groups is 1. The third kappa shape index (κ3) is 6.71. The van der Waals surface area contributed by atoms with E-state index in [0.717, 1.165) is 25.3 Å². The Balaban J connectivity index is 2.37. The molecule has 1 rings (SSSR count). The van der Waals surface area contributed by atoms with Gasteiger partial charge in [-0.2, -0.15) is 0 Å². The van der Waals surface area contributed by atoms with Crippen LogP contribution in [-0.4, -0.2) is 24.0 Å². The van der Waals surface area contributed by atoms with Gasteiger partial charge in [0.05, 0.1) is 0 Å². The Morgan fingerprint density at radius 1 is 1.35 bits per heavy atom. The van der Waals surface area contributed by atoms with Crippen LogP contribution in [0, 0.1) is 5.92 Å². The van der Waals surface area contributed by atoms with Gasteiger partial charge in [-0.05, 0) is 36.6 Å². The van der Waals surface area contributed by atoms with Crippen molar-refractivity contribution in [2.24, 2.45) is 5.92 Å². The van der Waals surface area contributed by atoms with Gasteiger partial charge in [-0.25, -0.2) is 0 Å². The molecule has 0 fully saturated rings. The Bertz CT molecular complexity index is 315. The molecule has 2 nitrogen and oxygen atoms in total. The van der Waals surface area contributed by atoms with Crippen LogP contribution in [0.3, 0.4) is 0 Å². The predicted molar refractivity (Wildman–Crippen MR) is 75.4 cm³/mol. The topological polar surface area (TPSA) is 32.3 Å². The van der Waals surface area contributed by atoms with Crippen molar-refractivity contribution in [3.63, 3.8) is 0 Å². The summed E-state index contributed by atoms with van der Waals surface area (Å²) >= 11 is 1.81. The summed E-state index contributed by atoms with van der Waals surface area (Å²) < 4.78 is 0. The standard InChI is InChI=1S/C14H23NOS/c1-12(2)10-15-11-13-5-3-6-14(9-13)17-8-4-7-16/h3,5-6,9,12,15-16H,4,7-8,10-11H2,1-2H3. The van der Waals surface area contributed by atoms with Crippen LogP contribution >= 0.6 is 11.8 Å². The third-order valence-corrected chi connectivity index (χ3v) is 3.43. The number of hydrogen-bond donors (Lipinski definition) is 2. The fourth-order valence-electron chi connectivity index (χ4n) is 1.50. The third-order valence-electron chi connectivity index (χ3n) is 2.35. The van der Waals surface area contributed by atoms with Gasteiger partial charge in [0, 0.05) is 23.8 Å². The Morgan fingerprint density at radius 3 is 2.88 bits per heavy atom. The summed E-state index contributed by atoms with van der Waals surface area (Å²) in [5.74, 6) is 1.68. The lowest BCUT2D eigenvalue weighted by Crippen LogP contribution is -2.18. The second kappa shape index (κ2) is 8.56. The second-order valence-electron chi connectivity index (χ2n) is 4.60. The summed E-state index contributed by atoms with van der Waals surface area (Å²) in [7, 11) is 0. The molecular formula is C14H23NOS. The van der Waals surface area contributed by atoms with E-state index in [1.165, 1.54) is 10.5 Å². The molecule has 96 valence electrons. The van der Waals surface area contributed by atoms with Gasteiger partial charge < -0.3 is 10.4 Å². The smallest absolute Gasteiger partial charge is 0.0439 e. The van der Waals surface area contributed by atoms with Gasteiger partial charge >= 0.3 is 0 Å². The van der Waals surface area contributed by atoms with E-state index in [0.29, 0.717) is 5.92 Å². The van der Waals surface area contributed by atoms with Crippen LogP contribution in [0.15, 0.2) is 29.2 Å². The van der Waals surface area contributed by atoms with E-state index in [1.54, 1.807) is 0 Å². The lowest BCUT2D eigenvalue weighted by Gasteiger charge is -2.08. The largest absolute Gasteiger partial charge is 0.396 e. The fourth-order valence-corrected chi connectivity index (χ4v) is 2.42. The fraction of sp³-hybridized carbons (Fsp3) is 0.571. The van der Waals surface area contributed by atoms with E-state index in [4.69, 9.17) is 5.11 Å². The molecule has 0 aliphatic rings. The summed E-state index contributed by atoms with van der Waals surface area (Å²) in [6, 6.07) is 8.63. The van der Waals surface area contributed by atoms with Crippen LogP contribution in [0.4, 0.5) is 0 Å². The van der Waals surface area contributed by atoms with E-state index < -0.39 is 0 Å². The summed E-state index contributed by atoms with van der Waals surface area (Å²) in [4.78, 5) is 1.29. The highest BCUT2D eigenvalue weighted by Crippen LogP contribution is 2.19. The zero-order chi connectivity index (χ0) is 12.5. The molecule has 0 spiro atoms. The molecule has 0 radical (unpaired) electrons. The minimum absolute atomic E-state index is 0.280. The molecular weight excluding hydrogens is 230 g/mol. The van der Waals surface area contributed by atoms with Crippen LogP contribution in [-0.2, 0) is 6.54 Å². The van der Waals surface area contributed by atoms with E-state index in [-0.39, 0.29) is 6.61 Å². The molecule has 0 saturated carbocycles. The van der Waals surface area contributed by atoms with Gasteiger partial charge in [-0.3, -0.25) is 0 Å². The van der Waals surface area contributed by atoms with E-state index in [1.807, 2.05) is 11.8 Å². The molecule has 3 heteroatoms. The highest BCUT2D eigenvalue weighted by Gasteiger charge is 1.98. The molecule has 0 bridgehead atoms. The summed E-state index contributed by atoms with van der Waals surface area (Å²) in [6.07, 6.45) is 0.862. The second-order valence-corrected chi connectivity index (χ2v) is 5.77. The maximum Gasteiger partial charge on any atom is 0.0439 e. The minimum atomic E-state index is 0.280. The molecule has 0 aromatic heterocycles. The molecule has 0 atom stereocenters. The van der Waals surface area contributed by atoms with Gasteiger partial charge in [0.1, 0.15) is 0 Å². The van der Waals surface area contributed by atoms with Crippen LogP contribution in [0.1, 0.15) is 25.8 Å². The minimum Gasteiger partial charge on any atom is -0.396 e. The van der Waals surface area contributed by atoms with Crippen LogP contribution in [0.25, 0.3) is 0 Å². The van der Waals surface area contributed by atoms with E-state index in [9.17, 15) is 0 Å². The Kier molecular flexibility index (Phi) is 7.33. The Hall–Kier alpha value is -0.510. The molecule has 0 aliphatic heterocycles. The van der Waals surface area contributed by atoms with E-state index in [2.05, 4.69) is 43.4 Å². The van der Waals surface area contributed by atoms with Gasteiger partial charge in [0.2, 0.25) is 0 Å². The average molecular weight is 253 g/mol. The van der Waals surface area contributed by atoms with Gasteiger partial charge in [-0.15, -0.1) is 11.8 Å². The van der Waals surface area contributed by atoms with Crippen molar-refractivity contribution >= 4 is 11.8 Å². The Morgan fingerprint density at radius 2 is 2.18 bits per heavy atom. The van der Waals surface area contributed by atoms with Crippen molar-refractivity contribution < 1.29 is 5.11 Å². The van der Waals surface area contributed by atoms with Gasteiger partial charge in [0.25, 0.3) is 0 Å². The zero-order valence-corrected chi connectivity index (χ0v) is 11.6. The van der Waals surface area contributed by atoms with Gasteiger partial charge in [0.15, 0.2) is 0 Å². The van der Waals surface area contributed by atoms with Crippen molar-refractivity contribution in [3.8, 4) is 0 Å². The highest BCUT2D eigenvalue weighted by molar-refractivity contribution is 7.99. The quantitative estimate of drug-likeness (QED) is 0.552. The molecule has 2 N–H and O–H groups in total. The zero-order valence-electron chi connectivity index (χ0n) is 10.8. The molecule has 0 heterocycles. The van der Waals surface area contributed by atoms with Crippen molar-refractivity contribution in [1.29, 1.82) is 0 Å². The van der Waals surface area contributed by atoms with Crippen molar-refractivity contribution in [2.45, 2.75) is 31.7 Å². The van der Waals surface area contributed by atoms with Crippen molar-refractivity contribution in [3.05, 3.63) is 29.8 Å². The first kappa shape index (κ1) is 14.6. The summed E-state index contributed by atoms with van der Waals surface area (Å²) in [6.45, 7) is 6.71. The number of aliphatic hydroxyl groups excluding tert-OH is 1. The monoisotopic (exact) mass is 253 g/mol. The Labute approximate surface area is 109 Å². The number of benzene rings is 1. The molecule has 0 unspecified atom stereocenters. The predicted octanol–water partition coefficient (Wildman–Crippen LogP) is 2.91. The molecule has 1 aromatic rings. The first-order valence-corrected chi connectivity index (χ1v) is 7.24. The van der Waals surface area contributed by atoms with Crippen molar-refractivity contribution in [2.75, 3.05) is 18.9 Å². The molecule has 0 saturated heterocycles. The normalized spacial score (nSPS) is 11.1. The molecule has 1 aromatic carbocycles. The molecule has 0 aliphatic carbocycles. The first-order valence-electron chi connectivity index (χ1n) is 6.25. The number of rotatable bonds is 8. The first-order chi connectivity index (χ1) is 8.22.